The van der Waals surface area contributed by atoms with Crippen LogP contribution in [0.2, 0.25) is 0 Å². The van der Waals surface area contributed by atoms with E-state index in [1.54, 1.807) is 0 Å². The van der Waals surface area contributed by atoms with Crippen molar-refractivity contribution in [3.63, 3.8) is 0 Å². The van der Waals surface area contributed by atoms with Crippen molar-refractivity contribution >= 4 is 5.91 Å². The zero-order valence-corrected chi connectivity index (χ0v) is 11.6. The molecule has 4 heteroatoms. The molecule has 1 aliphatic rings. The fourth-order valence-electron chi connectivity index (χ4n) is 2.39. The largest absolute Gasteiger partial charge is 0.352 e. The van der Waals surface area contributed by atoms with Crippen LogP contribution in [0.5, 0.6) is 0 Å². The normalized spacial score (nSPS) is 23.7. The molecule has 4 nitrogen and oxygen atoms in total. The lowest BCUT2D eigenvalue weighted by Gasteiger charge is -2.25. The molecule has 0 radical (unpaired) electrons. The maximum atomic E-state index is 12.1. The van der Waals surface area contributed by atoms with Gasteiger partial charge >= 0.3 is 0 Å². The third kappa shape index (κ3) is 5.04. The molecule has 1 amide bonds. The summed E-state index contributed by atoms with van der Waals surface area (Å²) in [5.41, 5.74) is 5.86. The molecule has 0 saturated carbocycles. The number of likely N-dealkylation sites (N-methyl/N-ethyl adjacent to an activating group) is 1. The zero-order valence-electron chi connectivity index (χ0n) is 11.6. The van der Waals surface area contributed by atoms with E-state index < -0.39 is 0 Å². The van der Waals surface area contributed by atoms with Crippen molar-refractivity contribution in [3.8, 4) is 0 Å². The molecule has 3 N–H and O–H groups in total. The Morgan fingerprint density at radius 1 is 1.53 bits per heavy atom. The fraction of sp³-hybridized carbons (Fsp3) is 0.923. The van der Waals surface area contributed by atoms with Crippen molar-refractivity contribution in [1.29, 1.82) is 0 Å². The van der Waals surface area contributed by atoms with Crippen molar-refractivity contribution in [1.82, 2.24) is 10.2 Å². The van der Waals surface area contributed by atoms with Crippen molar-refractivity contribution in [3.05, 3.63) is 0 Å². The van der Waals surface area contributed by atoms with Gasteiger partial charge in [0.25, 0.3) is 0 Å². The van der Waals surface area contributed by atoms with Crippen LogP contribution in [0.4, 0.5) is 0 Å². The van der Waals surface area contributed by atoms with E-state index >= 15 is 0 Å². The lowest BCUT2D eigenvalue weighted by molar-refractivity contribution is -0.126. The molecular weight excluding hydrogens is 214 g/mol. The van der Waals surface area contributed by atoms with Gasteiger partial charge in [0.15, 0.2) is 0 Å². The number of likely N-dealkylation sites (tertiary alicyclic amines) is 1. The van der Waals surface area contributed by atoms with Crippen LogP contribution in [0.25, 0.3) is 0 Å². The molecule has 0 aromatic heterocycles. The minimum Gasteiger partial charge on any atom is -0.352 e. The summed E-state index contributed by atoms with van der Waals surface area (Å²) < 4.78 is 0. The summed E-state index contributed by atoms with van der Waals surface area (Å²) in [7, 11) is 2.09. The van der Waals surface area contributed by atoms with E-state index in [0.717, 1.165) is 25.9 Å². The molecular formula is C13H27N3O. The van der Waals surface area contributed by atoms with Crippen LogP contribution < -0.4 is 11.1 Å². The average molecular weight is 241 g/mol. The van der Waals surface area contributed by atoms with E-state index in [9.17, 15) is 4.79 Å². The lowest BCUT2D eigenvalue weighted by Crippen LogP contribution is -2.43. The van der Waals surface area contributed by atoms with Gasteiger partial charge in [-0.3, -0.25) is 4.79 Å². The first-order valence-corrected chi connectivity index (χ1v) is 6.51. The molecule has 1 aliphatic heterocycles. The minimum atomic E-state index is -0.0547. The SMILES string of the molecule is CN1CCC(NC(=O)C(CN)CC(C)(C)C)C1. The maximum absolute atomic E-state index is 12.1. The second-order valence-corrected chi connectivity index (χ2v) is 6.45. The third-order valence-corrected chi connectivity index (χ3v) is 3.25. The molecule has 100 valence electrons. The molecule has 0 spiro atoms. The first-order chi connectivity index (χ1) is 7.81. The van der Waals surface area contributed by atoms with Gasteiger partial charge in [-0.25, -0.2) is 0 Å². The maximum Gasteiger partial charge on any atom is 0.224 e. The number of nitrogens with two attached hydrogens (primary N) is 1. The van der Waals surface area contributed by atoms with E-state index in [-0.39, 0.29) is 17.2 Å². The molecule has 1 fully saturated rings. The zero-order chi connectivity index (χ0) is 13.1. The van der Waals surface area contributed by atoms with Gasteiger partial charge in [0.2, 0.25) is 5.91 Å². The van der Waals surface area contributed by atoms with Gasteiger partial charge in [-0.2, -0.15) is 0 Å². The predicted molar refractivity (Wildman–Crippen MR) is 70.7 cm³/mol. The van der Waals surface area contributed by atoms with Crippen LogP contribution in [0.3, 0.4) is 0 Å². The highest BCUT2D eigenvalue weighted by molar-refractivity contribution is 5.79. The Bertz CT molecular complexity index is 260. The highest BCUT2D eigenvalue weighted by Crippen LogP contribution is 2.24. The van der Waals surface area contributed by atoms with E-state index in [0.29, 0.717) is 12.6 Å². The van der Waals surface area contributed by atoms with Gasteiger partial charge in [0, 0.05) is 19.1 Å². The fourth-order valence-corrected chi connectivity index (χ4v) is 2.39. The number of amides is 1. The standard InChI is InChI=1S/C13H27N3O/c1-13(2,3)7-10(8-14)12(17)15-11-5-6-16(4)9-11/h10-11H,5-9,14H2,1-4H3,(H,15,17). The Kier molecular flexibility index (Phi) is 4.95. The highest BCUT2D eigenvalue weighted by atomic mass is 16.2. The number of hydrogen-bond acceptors (Lipinski definition) is 3. The molecule has 1 rings (SSSR count). The molecule has 0 aromatic rings. The molecule has 0 aromatic carbocycles. The van der Waals surface area contributed by atoms with E-state index in [4.69, 9.17) is 5.73 Å². The Labute approximate surface area is 105 Å². The van der Waals surface area contributed by atoms with Crippen LogP contribution in [0.1, 0.15) is 33.6 Å². The predicted octanol–water partition coefficient (Wildman–Crippen LogP) is 0.818. The van der Waals surface area contributed by atoms with Crippen molar-refractivity contribution in [2.24, 2.45) is 17.1 Å². The van der Waals surface area contributed by atoms with Gasteiger partial charge in [-0.15, -0.1) is 0 Å². The van der Waals surface area contributed by atoms with Crippen LogP contribution >= 0.6 is 0 Å². The summed E-state index contributed by atoms with van der Waals surface area (Å²) in [6.07, 6.45) is 1.90. The summed E-state index contributed by atoms with van der Waals surface area (Å²) in [6, 6.07) is 0.307. The quantitative estimate of drug-likeness (QED) is 0.766. The average Bonchev–Trinajstić information content (AvgIpc) is 2.59. The van der Waals surface area contributed by atoms with E-state index in [1.165, 1.54) is 0 Å². The number of carbonyl (C=O) groups excluding carboxylic acids is 1. The number of rotatable bonds is 4. The van der Waals surface area contributed by atoms with Crippen LogP contribution in [-0.4, -0.2) is 43.5 Å². The number of nitrogens with zero attached hydrogens (tertiary/aromatic N) is 1. The Morgan fingerprint density at radius 3 is 2.59 bits per heavy atom. The molecule has 1 saturated heterocycles. The summed E-state index contributed by atoms with van der Waals surface area (Å²) in [4.78, 5) is 14.3. The van der Waals surface area contributed by atoms with Gasteiger partial charge < -0.3 is 16.0 Å². The number of nitrogens with one attached hydrogen (secondary N) is 1. The molecule has 1 heterocycles. The molecule has 2 unspecified atom stereocenters. The van der Waals surface area contributed by atoms with Crippen molar-refractivity contribution in [2.45, 2.75) is 39.7 Å². The number of hydrogen-bond donors (Lipinski definition) is 2. The second-order valence-electron chi connectivity index (χ2n) is 6.45. The van der Waals surface area contributed by atoms with Crippen LogP contribution in [-0.2, 0) is 4.79 Å². The molecule has 2 atom stereocenters. The van der Waals surface area contributed by atoms with Crippen LogP contribution in [0.15, 0.2) is 0 Å². The van der Waals surface area contributed by atoms with Gasteiger partial charge in [0.05, 0.1) is 5.92 Å². The molecule has 17 heavy (non-hydrogen) atoms. The first kappa shape index (κ1) is 14.5. The third-order valence-electron chi connectivity index (χ3n) is 3.25. The topological polar surface area (TPSA) is 58.4 Å². The lowest BCUT2D eigenvalue weighted by atomic mass is 9.84. The summed E-state index contributed by atoms with van der Waals surface area (Å²) in [6.45, 7) is 8.90. The van der Waals surface area contributed by atoms with E-state index in [2.05, 4.69) is 38.0 Å². The van der Waals surface area contributed by atoms with Crippen LogP contribution in [0, 0.1) is 11.3 Å². The number of carbonyl (C=O) groups is 1. The van der Waals surface area contributed by atoms with Gasteiger partial charge in [0.1, 0.15) is 0 Å². The molecule has 0 aliphatic carbocycles. The smallest absolute Gasteiger partial charge is 0.224 e. The van der Waals surface area contributed by atoms with Gasteiger partial charge in [-0.05, 0) is 31.8 Å². The Hall–Kier alpha value is -0.610. The summed E-state index contributed by atoms with van der Waals surface area (Å²) in [5.74, 6) is 0.0728. The first-order valence-electron chi connectivity index (χ1n) is 6.51. The van der Waals surface area contributed by atoms with Crippen molar-refractivity contribution in [2.75, 3.05) is 26.7 Å². The summed E-state index contributed by atoms with van der Waals surface area (Å²) in [5, 5.41) is 3.12. The minimum absolute atomic E-state index is 0.0547. The van der Waals surface area contributed by atoms with Crippen molar-refractivity contribution < 1.29 is 4.79 Å². The summed E-state index contributed by atoms with van der Waals surface area (Å²) >= 11 is 0. The monoisotopic (exact) mass is 241 g/mol. The van der Waals surface area contributed by atoms with Gasteiger partial charge in [-0.1, -0.05) is 20.8 Å². The Morgan fingerprint density at radius 2 is 2.18 bits per heavy atom. The van der Waals surface area contributed by atoms with E-state index in [1.807, 2.05) is 0 Å². The molecule has 0 bridgehead atoms. The Balaban J connectivity index is 2.44. The second kappa shape index (κ2) is 5.83. The highest BCUT2D eigenvalue weighted by Gasteiger charge is 2.27.